The van der Waals surface area contributed by atoms with E-state index in [9.17, 15) is 9.59 Å². The van der Waals surface area contributed by atoms with Gasteiger partial charge in [0.05, 0.1) is 6.61 Å². The molecular weight excluding hydrogens is 198 g/mol. The van der Waals surface area contributed by atoms with E-state index in [-0.39, 0.29) is 5.92 Å². The van der Waals surface area contributed by atoms with Crippen molar-refractivity contribution in [1.82, 2.24) is 5.32 Å². The molecule has 0 aromatic heterocycles. The maximum Gasteiger partial charge on any atom is 0.408 e. The SMILES string of the molecule is CC(C)COC(=O)NC1(C(=O)O)CCC1. The van der Waals surface area contributed by atoms with E-state index < -0.39 is 17.6 Å². The van der Waals surface area contributed by atoms with Crippen LogP contribution in [0.3, 0.4) is 0 Å². The van der Waals surface area contributed by atoms with Crippen LogP contribution in [-0.2, 0) is 9.53 Å². The summed E-state index contributed by atoms with van der Waals surface area (Å²) in [6, 6.07) is 0. The van der Waals surface area contributed by atoms with Crippen LogP contribution in [0.1, 0.15) is 33.1 Å². The van der Waals surface area contributed by atoms with Crippen LogP contribution in [0.15, 0.2) is 0 Å². The molecule has 0 spiro atoms. The van der Waals surface area contributed by atoms with Crippen LogP contribution in [0.25, 0.3) is 0 Å². The van der Waals surface area contributed by atoms with E-state index in [1.54, 1.807) is 0 Å². The lowest BCUT2D eigenvalue weighted by Crippen LogP contribution is -2.59. The Hall–Kier alpha value is -1.26. The van der Waals surface area contributed by atoms with Gasteiger partial charge in [-0.05, 0) is 25.2 Å². The Morgan fingerprint density at radius 2 is 2.07 bits per heavy atom. The summed E-state index contributed by atoms with van der Waals surface area (Å²) in [6.07, 6.45) is 1.17. The second-order valence-corrected chi connectivity index (χ2v) is 4.36. The number of alkyl carbamates (subject to hydrolysis) is 1. The first kappa shape index (κ1) is 11.8. The number of ether oxygens (including phenoxy) is 1. The zero-order valence-electron chi connectivity index (χ0n) is 9.08. The molecule has 1 amide bonds. The van der Waals surface area contributed by atoms with Crippen LogP contribution in [0, 0.1) is 5.92 Å². The molecule has 1 aliphatic carbocycles. The maximum absolute atomic E-state index is 11.3. The first-order valence-electron chi connectivity index (χ1n) is 5.14. The lowest BCUT2D eigenvalue weighted by molar-refractivity contribution is -0.148. The molecule has 5 heteroatoms. The fourth-order valence-corrected chi connectivity index (χ4v) is 1.40. The molecule has 0 unspecified atom stereocenters. The number of carbonyl (C=O) groups is 2. The fourth-order valence-electron chi connectivity index (χ4n) is 1.40. The molecule has 15 heavy (non-hydrogen) atoms. The first-order chi connectivity index (χ1) is 6.96. The van der Waals surface area contributed by atoms with E-state index >= 15 is 0 Å². The Bertz CT molecular complexity index is 258. The van der Waals surface area contributed by atoms with E-state index in [1.165, 1.54) is 0 Å². The third kappa shape index (κ3) is 2.84. The highest BCUT2D eigenvalue weighted by Gasteiger charge is 2.46. The molecule has 0 radical (unpaired) electrons. The molecule has 86 valence electrons. The van der Waals surface area contributed by atoms with Crippen molar-refractivity contribution in [1.29, 1.82) is 0 Å². The molecule has 0 atom stereocenters. The molecule has 1 aliphatic rings. The highest BCUT2D eigenvalue weighted by atomic mass is 16.5. The second kappa shape index (κ2) is 4.51. The molecule has 0 bridgehead atoms. The lowest BCUT2D eigenvalue weighted by atomic mass is 9.77. The fraction of sp³-hybridized carbons (Fsp3) is 0.800. The van der Waals surface area contributed by atoms with Gasteiger partial charge in [0.15, 0.2) is 0 Å². The van der Waals surface area contributed by atoms with Crippen molar-refractivity contribution in [3.05, 3.63) is 0 Å². The van der Waals surface area contributed by atoms with Crippen LogP contribution in [0.2, 0.25) is 0 Å². The number of amides is 1. The van der Waals surface area contributed by atoms with E-state index in [0.717, 1.165) is 6.42 Å². The Morgan fingerprint density at radius 1 is 1.47 bits per heavy atom. The van der Waals surface area contributed by atoms with Gasteiger partial charge in [0.25, 0.3) is 0 Å². The number of hydrogen-bond donors (Lipinski definition) is 2. The summed E-state index contributed by atoms with van der Waals surface area (Å²) >= 11 is 0. The van der Waals surface area contributed by atoms with Crippen molar-refractivity contribution in [2.45, 2.75) is 38.6 Å². The van der Waals surface area contributed by atoms with Crippen LogP contribution in [-0.4, -0.2) is 29.3 Å². The molecular formula is C10H17NO4. The van der Waals surface area contributed by atoms with Crippen LogP contribution in [0.4, 0.5) is 4.79 Å². The predicted molar refractivity (Wildman–Crippen MR) is 53.5 cm³/mol. The van der Waals surface area contributed by atoms with Gasteiger partial charge in [0.2, 0.25) is 0 Å². The van der Waals surface area contributed by atoms with Crippen LogP contribution >= 0.6 is 0 Å². The predicted octanol–water partition coefficient (Wildman–Crippen LogP) is 1.38. The Labute approximate surface area is 88.8 Å². The average molecular weight is 215 g/mol. The van der Waals surface area contributed by atoms with Crippen molar-refractivity contribution in [3.63, 3.8) is 0 Å². The van der Waals surface area contributed by atoms with E-state index in [1.807, 2.05) is 13.8 Å². The van der Waals surface area contributed by atoms with E-state index in [0.29, 0.717) is 19.4 Å². The third-order valence-corrected chi connectivity index (χ3v) is 2.51. The minimum atomic E-state index is -1.08. The topological polar surface area (TPSA) is 75.6 Å². The minimum Gasteiger partial charge on any atom is -0.480 e. The molecule has 0 heterocycles. The lowest BCUT2D eigenvalue weighted by Gasteiger charge is -2.37. The third-order valence-electron chi connectivity index (χ3n) is 2.51. The highest BCUT2D eigenvalue weighted by molar-refractivity contribution is 5.85. The molecule has 0 aromatic carbocycles. The van der Waals surface area contributed by atoms with Gasteiger partial charge in [-0.1, -0.05) is 13.8 Å². The van der Waals surface area contributed by atoms with Crippen molar-refractivity contribution in [3.8, 4) is 0 Å². The standard InChI is InChI=1S/C10H17NO4/c1-7(2)6-15-9(14)11-10(8(12)13)4-3-5-10/h7H,3-6H2,1-2H3,(H,11,14)(H,12,13). The molecule has 1 saturated carbocycles. The number of nitrogens with one attached hydrogen (secondary N) is 1. The summed E-state index contributed by atoms with van der Waals surface area (Å²) < 4.78 is 4.87. The summed E-state index contributed by atoms with van der Waals surface area (Å²) in [5.41, 5.74) is -1.08. The minimum absolute atomic E-state index is 0.248. The molecule has 1 fully saturated rings. The number of carboxylic acids is 1. The summed E-state index contributed by atoms with van der Waals surface area (Å²) in [4.78, 5) is 22.2. The van der Waals surface area contributed by atoms with Crippen molar-refractivity contribution in [2.75, 3.05) is 6.61 Å². The second-order valence-electron chi connectivity index (χ2n) is 4.36. The molecule has 1 rings (SSSR count). The van der Waals surface area contributed by atoms with Gasteiger partial charge < -0.3 is 15.2 Å². The zero-order chi connectivity index (χ0) is 11.5. The maximum atomic E-state index is 11.3. The number of hydrogen-bond acceptors (Lipinski definition) is 3. The van der Waals surface area contributed by atoms with Gasteiger partial charge in [-0.3, -0.25) is 0 Å². The smallest absolute Gasteiger partial charge is 0.408 e. The van der Waals surface area contributed by atoms with Gasteiger partial charge >= 0.3 is 12.1 Å². The van der Waals surface area contributed by atoms with Gasteiger partial charge in [0.1, 0.15) is 5.54 Å². The highest BCUT2D eigenvalue weighted by Crippen LogP contribution is 2.32. The number of carbonyl (C=O) groups excluding carboxylic acids is 1. The van der Waals surface area contributed by atoms with E-state index in [4.69, 9.17) is 9.84 Å². The molecule has 0 aromatic rings. The van der Waals surface area contributed by atoms with Gasteiger partial charge in [0, 0.05) is 0 Å². The van der Waals surface area contributed by atoms with Crippen molar-refractivity contribution < 1.29 is 19.4 Å². The Kier molecular flexibility index (Phi) is 3.55. The summed E-state index contributed by atoms with van der Waals surface area (Å²) in [5, 5.41) is 11.4. The number of aliphatic carboxylic acids is 1. The monoisotopic (exact) mass is 215 g/mol. The van der Waals surface area contributed by atoms with Crippen molar-refractivity contribution >= 4 is 12.1 Å². The first-order valence-corrected chi connectivity index (χ1v) is 5.14. The Balaban J connectivity index is 2.39. The van der Waals surface area contributed by atoms with Gasteiger partial charge in [-0.15, -0.1) is 0 Å². The molecule has 2 N–H and O–H groups in total. The molecule has 0 saturated heterocycles. The number of rotatable bonds is 4. The Morgan fingerprint density at radius 3 is 2.40 bits per heavy atom. The average Bonchev–Trinajstić information content (AvgIpc) is 2.07. The summed E-state index contributed by atoms with van der Waals surface area (Å²) in [6.45, 7) is 4.15. The van der Waals surface area contributed by atoms with Crippen molar-refractivity contribution in [2.24, 2.45) is 5.92 Å². The molecule has 5 nitrogen and oxygen atoms in total. The summed E-state index contributed by atoms with van der Waals surface area (Å²) in [7, 11) is 0. The molecule has 0 aliphatic heterocycles. The van der Waals surface area contributed by atoms with Crippen LogP contribution < -0.4 is 5.32 Å². The summed E-state index contributed by atoms with van der Waals surface area (Å²) in [5.74, 6) is -0.729. The zero-order valence-corrected chi connectivity index (χ0v) is 9.08. The number of carboxylic acid groups (broad SMARTS) is 1. The quantitative estimate of drug-likeness (QED) is 0.742. The van der Waals surface area contributed by atoms with Crippen LogP contribution in [0.5, 0.6) is 0 Å². The van der Waals surface area contributed by atoms with Gasteiger partial charge in [-0.2, -0.15) is 0 Å². The normalized spacial score (nSPS) is 18.1. The van der Waals surface area contributed by atoms with Gasteiger partial charge in [-0.25, -0.2) is 9.59 Å². The van der Waals surface area contributed by atoms with E-state index in [2.05, 4.69) is 5.32 Å². The largest absolute Gasteiger partial charge is 0.480 e.